The van der Waals surface area contributed by atoms with E-state index in [4.69, 9.17) is 18.9 Å². The Morgan fingerprint density at radius 3 is 0.846 bits per heavy atom. The highest BCUT2D eigenvalue weighted by Crippen LogP contribution is 2.23. The minimum absolute atomic E-state index is 0.0363. The first-order valence-electron chi connectivity index (χ1n) is 50.8. The van der Waals surface area contributed by atoms with Crippen molar-refractivity contribution in [3.8, 4) is 0 Å². The highest BCUT2D eigenvalue weighted by Gasteiger charge is 2.25. The summed E-state index contributed by atoms with van der Waals surface area (Å²) in [5, 5.41) is 6.25. The predicted molar refractivity (Wildman–Crippen MR) is 491 cm³/mol. The maximum absolute atomic E-state index is 14.1. The Morgan fingerprint density at radius 1 is 0.299 bits per heavy atom. The lowest BCUT2D eigenvalue weighted by Gasteiger charge is -2.26. The quantitative estimate of drug-likeness (QED) is 0.0332. The van der Waals surface area contributed by atoms with Crippen LogP contribution in [0.3, 0.4) is 0 Å². The Balaban J connectivity index is 3.05. The summed E-state index contributed by atoms with van der Waals surface area (Å²) in [7, 11) is 0. The van der Waals surface area contributed by atoms with Gasteiger partial charge in [-0.25, -0.2) is 0 Å². The van der Waals surface area contributed by atoms with Crippen LogP contribution in [0.25, 0.3) is 0 Å². The molecule has 0 spiro atoms. The first kappa shape index (κ1) is 111. The number of nitrogens with zero attached hydrogens (tertiary/aromatic N) is 4. The molecule has 0 aromatic heterocycles. The third-order valence-corrected chi connectivity index (χ3v) is 24.3. The van der Waals surface area contributed by atoms with E-state index in [1.54, 1.807) is 0 Å². The Kier molecular flexibility index (Phi) is 80.2. The van der Waals surface area contributed by atoms with E-state index < -0.39 is 0 Å². The van der Waals surface area contributed by atoms with Crippen molar-refractivity contribution in [3.05, 3.63) is 0 Å². The van der Waals surface area contributed by atoms with Gasteiger partial charge in [-0.2, -0.15) is 0 Å². The fourth-order valence-corrected chi connectivity index (χ4v) is 16.4. The fraction of sp³-hybridized carbons (Fsp3) is 0.930. The summed E-state index contributed by atoms with van der Waals surface area (Å²) in [4.78, 5) is 103. The van der Waals surface area contributed by atoms with E-state index in [0.717, 1.165) is 219 Å². The number of amides is 3. The van der Waals surface area contributed by atoms with Gasteiger partial charge in [-0.05, 0) is 180 Å². The summed E-state index contributed by atoms with van der Waals surface area (Å²) in [6.07, 6.45) is 72.5. The smallest absolute Gasteiger partial charge is 0.306 e. The molecule has 688 valence electrons. The maximum Gasteiger partial charge on any atom is 0.306 e. The number of nitrogens with one attached hydrogen (secondary N) is 2. The van der Waals surface area contributed by atoms with Gasteiger partial charge in [0, 0.05) is 51.9 Å². The van der Waals surface area contributed by atoms with E-state index >= 15 is 0 Å². The molecule has 1 saturated heterocycles. The molecule has 1 rings (SSSR count). The van der Waals surface area contributed by atoms with Crippen LogP contribution >= 0.6 is 0 Å². The summed E-state index contributed by atoms with van der Waals surface area (Å²) < 4.78 is 23.8. The van der Waals surface area contributed by atoms with Crippen LogP contribution in [0.4, 0.5) is 0 Å². The van der Waals surface area contributed by atoms with Gasteiger partial charge in [-0.3, -0.25) is 38.5 Å². The molecule has 0 bridgehead atoms. The fourth-order valence-electron chi connectivity index (χ4n) is 16.4. The van der Waals surface area contributed by atoms with Gasteiger partial charge in [0.2, 0.25) is 17.7 Å². The van der Waals surface area contributed by atoms with Crippen molar-refractivity contribution in [2.45, 2.75) is 491 Å². The van der Waals surface area contributed by atoms with Gasteiger partial charge in [0.05, 0.1) is 19.8 Å². The lowest BCUT2D eigenvalue weighted by atomic mass is 10.0. The molecular formula is C100H192N6O11. The van der Waals surface area contributed by atoms with Gasteiger partial charge in [0.15, 0.2) is 0 Å². The summed E-state index contributed by atoms with van der Waals surface area (Å²) >= 11 is 0. The molecule has 1 fully saturated rings. The number of carbonyl (C=O) groups is 7. The van der Waals surface area contributed by atoms with Crippen LogP contribution < -0.4 is 10.6 Å². The normalized spacial score (nSPS) is 13.0. The minimum atomic E-state index is -0.290. The van der Waals surface area contributed by atoms with E-state index in [1.807, 2.05) is 0 Å². The van der Waals surface area contributed by atoms with Gasteiger partial charge in [-0.1, -0.05) is 325 Å². The van der Waals surface area contributed by atoms with Gasteiger partial charge < -0.3 is 44.3 Å². The zero-order valence-electron chi connectivity index (χ0n) is 78.4. The number of hydrogen-bond acceptors (Lipinski definition) is 14. The third kappa shape index (κ3) is 74.5. The first-order valence-corrected chi connectivity index (χ1v) is 50.8. The Labute approximate surface area is 722 Å². The molecule has 117 heavy (non-hydrogen) atoms. The van der Waals surface area contributed by atoms with Crippen molar-refractivity contribution < 1.29 is 52.5 Å². The SMILES string of the molecule is CCCCCCCCCC(C)COC(=O)CCCCCN(CCCCCCCC(=O)OC(CCCCCCCC)CCCCCCCC)CCNC(=O)CN(CC(=O)NCCN(CCCCCCCC(=O)OC(CCCCCCCC)CCCCCCCC)CCCCCC(=O)OCC(C)CCCCCCCCC)C(=O)CN1CCCC1. The van der Waals surface area contributed by atoms with Crippen molar-refractivity contribution in [1.29, 1.82) is 0 Å². The largest absolute Gasteiger partial charge is 0.465 e. The Bertz CT molecular complexity index is 2100. The molecule has 0 aromatic rings. The zero-order valence-corrected chi connectivity index (χ0v) is 78.4. The molecule has 0 aromatic carbocycles. The van der Waals surface area contributed by atoms with E-state index in [9.17, 15) is 33.6 Å². The summed E-state index contributed by atoms with van der Waals surface area (Å²) in [5.74, 6) is -0.383. The van der Waals surface area contributed by atoms with E-state index in [2.05, 4.69) is 80.7 Å². The second-order valence-electron chi connectivity index (χ2n) is 36.1. The second kappa shape index (κ2) is 84.4. The summed E-state index contributed by atoms with van der Waals surface area (Å²) in [5.41, 5.74) is 0. The molecule has 0 radical (unpaired) electrons. The van der Waals surface area contributed by atoms with Gasteiger partial charge >= 0.3 is 23.9 Å². The number of ether oxygens (including phenoxy) is 4. The molecule has 0 saturated carbocycles. The molecule has 17 nitrogen and oxygen atoms in total. The standard InChI is InChI=1S/C100H192N6O11/c1-9-15-21-27-33-37-49-65-90(7)88-114-97(110)71-57-47-61-79-103(77-59-45-35-43-55-73-99(112)116-92(67-51-39-29-23-17-11-3)68-52-40-30-24-18-12-4)83-75-101-94(107)85-106(96(109)87-105-81-63-64-82-105)86-95(108)102-76-84-104(80-62-48-58-72-98(111)115-89-91(8)66-50-38-34-28-22-16-10-2)78-60-46-36-44-56-74-100(113)117-93(69-53-41-31-25-19-13-5)70-54-42-32-26-20-14-6/h90-93H,9-89H2,1-8H3,(H,101,107)(H,102,108). The molecular weight excluding hydrogens is 1460 g/mol. The summed E-state index contributed by atoms with van der Waals surface area (Å²) in [6, 6.07) is 0. The number of unbranched alkanes of at least 4 members (excludes halogenated alkanes) is 44. The van der Waals surface area contributed by atoms with Crippen molar-refractivity contribution >= 4 is 41.6 Å². The molecule has 17 heteroatoms. The molecule has 1 aliphatic rings. The average molecular weight is 1650 g/mol. The number of likely N-dealkylation sites (tertiary alicyclic amines) is 1. The Morgan fingerprint density at radius 2 is 0.547 bits per heavy atom. The van der Waals surface area contributed by atoms with Gasteiger partial charge in [0.25, 0.3) is 0 Å². The topological polar surface area (TPSA) is 193 Å². The van der Waals surface area contributed by atoms with Crippen molar-refractivity contribution in [1.82, 2.24) is 30.2 Å². The van der Waals surface area contributed by atoms with E-state index in [1.165, 1.54) is 223 Å². The van der Waals surface area contributed by atoms with Gasteiger partial charge in [-0.15, -0.1) is 0 Å². The number of hydrogen-bond donors (Lipinski definition) is 2. The van der Waals surface area contributed by atoms with E-state index in [0.29, 0.717) is 76.9 Å². The number of rotatable bonds is 90. The molecule has 2 atom stereocenters. The zero-order chi connectivity index (χ0) is 85.2. The van der Waals surface area contributed by atoms with Crippen molar-refractivity contribution in [2.75, 3.05) is 98.3 Å². The molecule has 2 N–H and O–H groups in total. The van der Waals surface area contributed by atoms with Crippen LogP contribution in [0.5, 0.6) is 0 Å². The highest BCUT2D eigenvalue weighted by atomic mass is 16.6. The third-order valence-electron chi connectivity index (χ3n) is 24.3. The van der Waals surface area contributed by atoms with Crippen LogP contribution in [0.2, 0.25) is 0 Å². The molecule has 1 heterocycles. The van der Waals surface area contributed by atoms with Crippen molar-refractivity contribution in [3.63, 3.8) is 0 Å². The first-order chi connectivity index (χ1) is 57.2. The van der Waals surface area contributed by atoms with Gasteiger partial charge in [0.1, 0.15) is 25.3 Å². The molecule has 0 aliphatic carbocycles. The van der Waals surface area contributed by atoms with Crippen LogP contribution in [-0.2, 0) is 52.5 Å². The number of esters is 4. The second-order valence-corrected chi connectivity index (χ2v) is 36.1. The predicted octanol–water partition coefficient (Wildman–Crippen LogP) is 25.0. The number of carbonyl (C=O) groups excluding carboxylic acids is 7. The minimum Gasteiger partial charge on any atom is -0.465 e. The monoisotopic (exact) mass is 1650 g/mol. The average Bonchev–Trinajstić information content (AvgIpc) is 1.86. The lowest BCUT2D eigenvalue weighted by molar-refractivity contribution is -0.151. The van der Waals surface area contributed by atoms with Crippen LogP contribution in [0.1, 0.15) is 479 Å². The molecule has 3 amide bonds. The van der Waals surface area contributed by atoms with Crippen LogP contribution in [0.15, 0.2) is 0 Å². The molecule has 1 aliphatic heterocycles. The summed E-state index contributed by atoms with van der Waals surface area (Å²) in [6.45, 7) is 25.7. The van der Waals surface area contributed by atoms with Crippen LogP contribution in [-0.4, -0.2) is 172 Å². The van der Waals surface area contributed by atoms with Crippen LogP contribution in [0, 0.1) is 11.8 Å². The lowest BCUT2D eigenvalue weighted by Crippen LogP contribution is -2.50. The Hall–Kier alpha value is -3.83. The molecule has 2 unspecified atom stereocenters. The maximum atomic E-state index is 14.1. The highest BCUT2D eigenvalue weighted by molar-refractivity contribution is 5.90. The van der Waals surface area contributed by atoms with E-state index in [-0.39, 0.29) is 73.4 Å². The van der Waals surface area contributed by atoms with Crippen molar-refractivity contribution in [2.24, 2.45) is 11.8 Å².